The Labute approximate surface area is 154 Å². The number of aromatic nitrogens is 1. The summed E-state index contributed by atoms with van der Waals surface area (Å²) in [6.07, 6.45) is -4.15. The Kier molecular flexibility index (Phi) is 6.63. The number of ether oxygens (including phenoxy) is 1. The van der Waals surface area contributed by atoms with E-state index in [2.05, 4.69) is 28.9 Å². The van der Waals surface area contributed by atoms with Gasteiger partial charge >= 0.3 is 6.18 Å². The number of nitrogens with zero attached hydrogens (tertiary/aromatic N) is 1. The summed E-state index contributed by atoms with van der Waals surface area (Å²) in [7, 11) is 0. The number of rotatable bonds is 7. The summed E-state index contributed by atoms with van der Waals surface area (Å²) in [5.74, 6) is 0.310. The molecule has 0 aliphatic rings. The first-order valence-corrected chi connectivity index (χ1v) is 8.97. The molecule has 0 fully saturated rings. The van der Waals surface area contributed by atoms with Crippen LogP contribution in [-0.4, -0.2) is 23.7 Å². The zero-order chi connectivity index (χ0) is 19.3. The number of carbonyl (C=O) groups excluding carboxylic acids is 1. The Morgan fingerprint density at radius 3 is 2.46 bits per heavy atom. The molecule has 0 radical (unpaired) electrons. The lowest BCUT2D eigenvalue weighted by atomic mass is 10.1. The molecule has 1 aromatic carbocycles. The zero-order valence-corrected chi connectivity index (χ0v) is 15.6. The minimum absolute atomic E-state index is 0.136. The number of hydrogen-bond donors (Lipinski definition) is 1. The number of nitrogens with one attached hydrogen (secondary N) is 1. The summed E-state index contributed by atoms with van der Waals surface area (Å²) in [5, 5.41) is 3.57. The SMILES string of the molecule is Cc1sc(CC(=O)NCc2ccc(OCC(F)(F)F)cc2)nc1C(C)C. The van der Waals surface area contributed by atoms with Crippen molar-refractivity contribution in [2.45, 2.75) is 45.8 Å². The Hall–Kier alpha value is -2.09. The zero-order valence-electron chi connectivity index (χ0n) is 14.8. The molecule has 2 aromatic rings. The molecule has 0 saturated carbocycles. The Morgan fingerprint density at radius 2 is 1.92 bits per heavy atom. The number of thiazole rings is 1. The van der Waals surface area contributed by atoms with Crippen molar-refractivity contribution in [3.05, 3.63) is 45.4 Å². The van der Waals surface area contributed by atoms with Gasteiger partial charge in [-0.15, -0.1) is 11.3 Å². The van der Waals surface area contributed by atoms with Gasteiger partial charge in [-0.05, 0) is 30.5 Å². The summed E-state index contributed by atoms with van der Waals surface area (Å²) in [5.41, 5.74) is 1.79. The molecule has 0 spiro atoms. The molecule has 1 amide bonds. The molecular weight excluding hydrogens is 365 g/mol. The molecule has 0 unspecified atom stereocenters. The average molecular weight is 386 g/mol. The van der Waals surface area contributed by atoms with Crippen molar-refractivity contribution in [1.82, 2.24) is 10.3 Å². The van der Waals surface area contributed by atoms with E-state index in [-0.39, 0.29) is 18.1 Å². The fourth-order valence-electron chi connectivity index (χ4n) is 2.35. The third kappa shape index (κ3) is 6.33. The lowest BCUT2D eigenvalue weighted by Crippen LogP contribution is -2.24. The van der Waals surface area contributed by atoms with Crippen LogP contribution in [0.1, 0.15) is 40.9 Å². The van der Waals surface area contributed by atoms with E-state index in [1.807, 2.05) is 6.92 Å². The quantitative estimate of drug-likeness (QED) is 0.769. The number of aryl methyl sites for hydroxylation is 1. The van der Waals surface area contributed by atoms with Crippen LogP contribution in [0.5, 0.6) is 5.75 Å². The number of alkyl halides is 3. The molecule has 8 heteroatoms. The van der Waals surface area contributed by atoms with Crippen molar-refractivity contribution in [2.24, 2.45) is 0 Å². The molecule has 2 rings (SSSR count). The highest BCUT2D eigenvalue weighted by atomic mass is 32.1. The molecule has 0 saturated heterocycles. The van der Waals surface area contributed by atoms with Crippen LogP contribution in [0.25, 0.3) is 0 Å². The summed E-state index contributed by atoms with van der Waals surface area (Å²) in [6.45, 7) is 5.09. The molecule has 0 aliphatic carbocycles. The second-order valence-corrected chi connectivity index (χ2v) is 7.49. The van der Waals surface area contributed by atoms with Gasteiger partial charge in [0.1, 0.15) is 10.8 Å². The highest BCUT2D eigenvalue weighted by molar-refractivity contribution is 7.11. The van der Waals surface area contributed by atoms with Crippen LogP contribution in [0.2, 0.25) is 0 Å². The van der Waals surface area contributed by atoms with Crippen molar-refractivity contribution in [2.75, 3.05) is 6.61 Å². The lowest BCUT2D eigenvalue weighted by Gasteiger charge is -2.10. The van der Waals surface area contributed by atoms with Crippen LogP contribution in [0.4, 0.5) is 13.2 Å². The molecule has 0 aliphatic heterocycles. The lowest BCUT2D eigenvalue weighted by molar-refractivity contribution is -0.153. The van der Waals surface area contributed by atoms with E-state index in [0.29, 0.717) is 12.5 Å². The normalized spacial score (nSPS) is 11.7. The van der Waals surface area contributed by atoms with Crippen molar-refractivity contribution < 1.29 is 22.7 Å². The summed E-state index contributed by atoms with van der Waals surface area (Å²) >= 11 is 1.52. The van der Waals surface area contributed by atoms with E-state index < -0.39 is 12.8 Å². The Morgan fingerprint density at radius 1 is 1.27 bits per heavy atom. The fourth-order valence-corrected chi connectivity index (χ4v) is 3.43. The van der Waals surface area contributed by atoms with Crippen LogP contribution in [0, 0.1) is 6.92 Å². The molecular formula is C18H21F3N2O2S. The fraction of sp³-hybridized carbons (Fsp3) is 0.444. The van der Waals surface area contributed by atoms with E-state index in [4.69, 9.17) is 0 Å². The van der Waals surface area contributed by atoms with Crippen molar-refractivity contribution in [3.8, 4) is 5.75 Å². The number of halogens is 3. The summed E-state index contributed by atoms with van der Waals surface area (Å²) in [4.78, 5) is 17.7. The predicted molar refractivity (Wildman–Crippen MR) is 94.5 cm³/mol. The highest BCUT2D eigenvalue weighted by Crippen LogP contribution is 2.24. The second kappa shape index (κ2) is 8.53. The van der Waals surface area contributed by atoms with Gasteiger partial charge in [0.2, 0.25) is 5.91 Å². The first-order valence-electron chi connectivity index (χ1n) is 8.15. The molecule has 0 atom stereocenters. The van der Waals surface area contributed by atoms with Gasteiger partial charge in [0.05, 0.1) is 12.1 Å². The van der Waals surface area contributed by atoms with Crippen molar-refractivity contribution >= 4 is 17.2 Å². The predicted octanol–water partition coefficient (Wildman–Crippen LogP) is 4.37. The monoisotopic (exact) mass is 386 g/mol. The number of hydrogen-bond acceptors (Lipinski definition) is 4. The average Bonchev–Trinajstić information content (AvgIpc) is 2.92. The van der Waals surface area contributed by atoms with Gasteiger partial charge in [-0.2, -0.15) is 13.2 Å². The van der Waals surface area contributed by atoms with Gasteiger partial charge in [0.15, 0.2) is 6.61 Å². The van der Waals surface area contributed by atoms with Crippen LogP contribution in [-0.2, 0) is 17.8 Å². The van der Waals surface area contributed by atoms with Crippen LogP contribution in [0.15, 0.2) is 24.3 Å². The van der Waals surface area contributed by atoms with E-state index in [1.54, 1.807) is 12.1 Å². The van der Waals surface area contributed by atoms with Gasteiger partial charge in [0.25, 0.3) is 0 Å². The van der Waals surface area contributed by atoms with E-state index >= 15 is 0 Å². The molecule has 1 N–H and O–H groups in total. The maximum absolute atomic E-state index is 12.1. The van der Waals surface area contributed by atoms with Gasteiger partial charge < -0.3 is 10.1 Å². The third-order valence-corrected chi connectivity index (χ3v) is 4.54. The maximum atomic E-state index is 12.1. The van der Waals surface area contributed by atoms with Crippen LogP contribution in [0.3, 0.4) is 0 Å². The van der Waals surface area contributed by atoms with Gasteiger partial charge in [0, 0.05) is 11.4 Å². The van der Waals surface area contributed by atoms with Crippen LogP contribution >= 0.6 is 11.3 Å². The second-order valence-electron chi connectivity index (χ2n) is 6.21. The third-order valence-electron chi connectivity index (χ3n) is 3.55. The summed E-state index contributed by atoms with van der Waals surface area (Å²) < 4.78 is 41.0. The first-order chi connectivity index (χ1) is 12.1. The molecule has 4 nitrogen and oxygen atoms in total. The van der Waals surface area contributed by atoms with Gasteiger partial charge in [-0.3, -0.25) is 4.79 Å². The molecule has 26 heavy (non-hydrogen) atoms. The highest BCUT2D eigenvalue weighted by Gasteiger charge is 2.28. The molecule has 1 heterocycles. The maximum Gasteiger partial charge on any atom is 0.422 e. The number of benzene rings is 1. The Bertz CT molecular complexity index is 740. The van der Waals surface area contributed by atoms with Crippen molar-refractivity contribution in [3.63, 3.8) is 0 Å². The number of carbonyl (C=O) groups is 1. The molecule has 0 bridgehead atoms. The topological polar surface area (TPSA) is 51.2 Å². The standard InChI is InChI=1S/C18H21F3N2O2S/c1-11(2)17-12(3)26-16(23-17)8-15(24)22-9-13-4-6-14(7-5-13)25-10-18(19,20)21/h4-7,11H,8-10H2,1-3H3,(H,22,24). The van der Waals surface area contributed by atoms with Gasteiger partial charge in [-0.1, -0.05) is 26.0 Å². The summed E-state index contributed by atoms with van der Waals surface area (Å²) in [6, 6.07) is 6.14. The minimum Gasteiger partial charge on any atom is -0.484 e. The molecule has 1 aromatic heterocycles. The largest absolute Gasteiger partial charge is 0.484 e. The van der Waals surface area contributed by atoms with Crippen molar-refractivity contribution in [1.29, 1.82) is 0 Å². The van der Waals surface area contributed by atoms with Gasteiger partial charge in [-0.25, -0.2) is 4.98 Å². The van der Waals surface area contributed by atoms with Crippen LogP contribution < -0.4 is 10.1 Å². The van der Waals surface area contributed by atoms with E-state index in [1.165, 1.54) is 23.5 Å². The minimum atomic E-state index is -4.36. The number of amides is 1. The smallest absolute Gasteiger partial charge is 0.422 e. The van der Waals surface area contributed by atoms with E-state index in [0.717, 1.165) is 21.1 Å². The molecule has 142 valence electrons. The first kappa shape index (κ1) is 20.2. The Balaban J connectivity index is 1.82. The van der Waals surface area contributed by atoms with E-state index in [9.17, 15) is 18.0 Å².